The summed E-state index contributed by atoms with van der Waals surface area (Å²) in [6, 6.07) is 1.79. The van der Waals surface area contributed by atoms with Gasteiger partial charge >= 0.3 is 70.2 Å². The number of aromatic nitrogens is 4. The van der Waals surface area contributed by atoms with E-state index >= 15 is 0 Å². The molecule has 5 heterocycles. The van der Waals surface area contributed by atoms with E-state index in [2.05, 4.69) is 25.0 Å². The van der Waals surface area contributed by atoms with Crippen LogP contribution in [0.2, 0.25) is 0 Å². The van der Waals surface area contributed by atoms with Crippen LogP contribution in [0.25, 0.3) is 10.9 Å². The van der Waals surface area contributed by atoms with Crippen LogP contribution in [0, 0.1) is 5.82 Å². The van der Waals surface area contributed by atoms with Gasteiger partial charge in [0, 0.05) is 68.4 Å². The molecule has 2 N–H and O–H groups in total. The molecule has 1 aromatic carbocycles. The zero-order valence-electron chi connectivity index (χ0n) is 27.3. The predicted molar refractivity (Wildman–Crippen MR) is 169 cm³/mol. The number of aromatic carboxylic acids is 1. The number of hydrogen-bond acceptors (Lipinski definition) is 13. The van der Waals surface area contributed by atoms with Crippen molar-refractivity contribution in [2.75, 3.05) is 44.2 Å². The maximum absolute atomic E-state index is 14.8. The second-order valence-electron chi connectivity index (χ2n) is 11.3. The van der Waals surface area contributed by atoms with Crippen molar-refractivity contribution in [1.29, 1.82) is 0 Å². The Bertz CT molecular complexity index is 2080. The molecule has 0 aliphatic carbocycles. The van der Waals surface area contributed by atoms with Gasteiger partial charge in [-0.25, -0.2) is 4.39 Å². The number of aryl methyl sites for hydroxylation is 1. The van der Waals surface area contributed by atoms with Gasteiger partial charge in [-0.2, -0.15) is 4.98 Å². The van der Waals surface area contributed by atoms with E-state index in [1.54, 1.807) is 6.34 Å². The zero-order chi connectivity index (χ0) is 34.3. The number of rotatable bonds is 10. The Morgan fingerprint density at radius 3 is 2.52 bits per heavy atom. The molecular weight excluding hydrogens is 717 g/mol. The topological polar surface area (TPSA) is 220 Å². The number of aliphatic imine (C=N–C) groups is 1. The molecule has 3 aliphatic heterocycles. The van der Waals surface area contributed by atoms with Crippen LogP contribution < -0.4 is 85.9 Å². The molecule has 1 amide bonds. The second kappa shape index (κ2) is 16.7. The molecule has 0 spiro atoms. The van der Waals surface area contributed by atoms with Crippen LogP contribution >= 0.6 is 23.5 Å². The number of carbonyl (C=O) groups is 3. The average Bonchev–Trinajstić information content (AvgIpc) is 3.05. The monoisotopic (exact) mass is 744 g/mol. The number of thioether (sulfide) groups is 2. The summed E-state index contributed by atoms with van der Waals surface area (Å²) in [5, 5.41) is 25.1. The van der Waals surface area contributed by atoms with Crippen LogP contribution in [-0.4, -0.2) is 114 Å². The summed E-state index contributed by atoms with van der Waals surface area (Å²) in [4.78, 5) is 87.8. The summed E-state index contributed by atoms with van der Waals surface area (Å²) < 4.78 is 16.1. The molecule has 2 aromatic heterocycles. The first-order valence-corrected chi connectivity index (χ1v) is 16.7. The number of hydrogen-bond donors (Lipinski definition) is 2. The summed E-state index contributed by atoms with van der Waals surface area (Å²) >= 11 is 2.42. The number of carbonyl (C=O) groups excluding carboxylic acids is 3. The summed E-state index contributed by atoms with van der Waals surface area (Å²) in [5.41, 5.74) is -2.29. The van der Waals surface area contributed by atoms with Gasteiger partial charge in [0.2, 0.25) is 0 Å². The maximum Gasteiger partial charge on any atom is 1.00 e. The minimum Gasteiger partial charge on any atom is -0.545 e. The van der Waals surface area contributed by atoms with Crippen molar-refractivity contribution in [2.24, 2.45) is 12.0 Å². The van der Waals surface area contributed by atoms with Gasteiger partial charge in [-0.15, -0.1) is 11.8 Å². The molecule has 0 unspecified atom stereocenters. The van der Waals surface area contributed by atoms with Crippen molar-refractivity contribution >= 4 is 58.6 Å². The number of β-lactam (4-membered cyclic amide) rings is 1. The molecule has 0 radical (unpaired) electrons. The van der Waals surface area contributed by atoms with Gasteiger partial charge in [0.05, 0.1) is 29.5 Å². The number of piperazine rings is 1. The predicted octanol–water partition coefficient (Wildman–Crippen LogP) is -8.91. The number of pyridine rings is 1. The molecule has 252 valence electrons. The first kappa shape index (κ1) is 40.0. The molecule has 3 aromatic rings. The third-order valence-electron chi connectivity index (χ3n) is 8.30. The SMILES string of the molecule is Cn1[nH]c(=O)c(=O)nc1SCC1=C(C(=O)[O-])N2C(=O)[C@H](/N=C\N3CCN(CCc4cc5[nH]cc(C(=O)[O-])c(=O)c5cc4F)CC3)[C@@H]2SC1.[Na+].[Na+]. The molecule has 6 rings (SSSR count). The van der Waals surface area contributed by atoms with Gasteiger partial charge in [0.1, 0.15) is 11.2 Å². The third kappa shape index (κ3) is 8.15. The van der Waals surface area contributed by atoms with Gasteiger partial charge in [0.15, 0.2) is 16.6 Å². The molecule has 3 aliphatic rings. The summed E-state index contributed by atoms with van der Waals surface area (Å²) in [6.45, 7) is 3.02. The number of carboxylic acids is 2. The number of H-pyrrole nitrogens is 2. The fourth-order valence-corrected chi connectivity index (χ4v) is 8.08. The van der Waals surface area contributed by atoms with Crippen molar-refractivity contribution in [3.05, 3.63) is 77.5 Å². The Balaban J connectivity index is 0.00000281. The Hall–Kier alpha value is -2.75. The van der Waals surface area contributed by atoms with Crippen molar-refractivity contribution < 1.29 is 88.1 Å². The quantitative estimate of drug-likeness (QED) is 0.0493. The Morgan fingerprint density at radius 2 is 1.84 bits per heavy atom. The van der Waals surface area contributed by atoms with Gasteiger partial charge in [-0.3, -0.25) is 43.8 Å². The van der Waals surface area contributed by atoms with E-state index in [0.717, 1.165) is 24.0 Å². The van der Waals surface area contributed by atoms with Crippen molar-refractivity contribution in [1.82, 2.24) is 34.4 Å². The van der Waals surface area contributed by atoms with Crippen LogP contribution in [0.15, 0.2) is 54.1 Å². The number of aromatic amines is 2. The van der Waals surface area contributed by atoms with Crippen LogP contribution in [0.3, 0.4) is 0 Å². The number of nitrogens with one attached hydrogen (secondary N) is 2. The van der Waals surface area contributed by atoms with Gasteiger partial charge < -0.3 is 29.7 Å². The Morgan fingerprint density at radius 1 is 1.12 bits per heavy atom. The number of nitrogens with zero attached hydrogens (tertiary/aromatic N) is 6. The molecule has 2 fully saturated rings. The summed E-state index contributed by atoms with van der Waals surface area (Å²) in [5.74, 6) is -3.80. The minimum atomic E-state index is -1.64. The van der Waals surface area contributed by atoms with Crippen molar-refractivity contribution in [3.8, 4) is 0 Å². The molecule has 16 nitrogen and oxygen atoms in total. The molecule has 0 bridgehead atoms. The number of benzene rings is 1. The molecule has 2 atom stereocenters. The normalized spacial score (nSPS) is 19.2. The van der Waals surface area contributed by atoms with E-state index in [1.165, 1.54) is 34.5 Å². The van der Waals surface area contributed by atoms with Crippen LogP contribution in [-0.2, 0) is 23.1 Å². The number of halogens is 1. The number of amides is 1. The van der Waals surface area contributed by atoms with Gasteiger partial charge in [-0.1, -0.05) is 11.8 Å². The Labute approximate surface area is 335 Å². The van der Waals surface area contributed by atoms with Crippen LogP contribution in [0.5, 0.6) is 0 Å². The van der Waals surface area contributed by atoms with Crippen LogP contribution in [0.4, 0.5) is 4.39 Å². The number of fused-ring (bicyclic) bond motifs is 2. The largest absolute Gasteiger partial charge is 1.00 e. The maximum atomic E-state index is 14.8. The van der Waals surface area contributed by atoms with E-state index < -0.39 is 57.2 Å². The van der Waals surface area contributed by atoms with E-state index in [1.807, 2.05) is 4.90 Å². The summed E-state index contributed by atoms with van der Waals surface area (Å²) in [7, 11) is 1.50. The third-order valence-corrected chi connectivity index (χ3v) is 10.7. The average molecular weight is 745 g/mol. The molecule has 50 heavy (non-hydrogen) atoms. The van der Waals surface area contributed by atoms with Crippen LogP contribution in [0.1, 0.15) is 15.9 Å². The van der Waals surface area contributed by atoms with Gasteiger partial charge in [-0.05, 0) is 29.7 Å². The fourth-order valence-electron chi connectivity index (χ4n) is 5.68. The van der Waals surface area contributed by atoms with E-state index in [-0.39, 0.29) is 81.1 Å². The summed E-state index contributed by atoms with van der Waals surface area (Å²) in [6.07, 6.45) is 3.01. The zero-order valence-corrected chi connectivity index (χ0v) is 32.9. The molecule has 2 saturated heterocycles. The standard InChI is InChI=1S/C29H29FN8O8S2.2Na/c1-35-29(33-23(40)24(41)34-35)48-12-15-11-47-26-20(25(42)38(26)21(15)28(45)46)32-13-37-6-4-36(5-7-37)3-2-14-8-19-16(9-18(14)30)22(39)17(10-31-19)27(43)44;;/h8-10,13,20,26H,2-7,11-12H2,1H3,(H,31,39)(H,34,41)(H,43,44)(H,45,46);;/q;2*+1/p-2/b32-13-;;/t20-,26-;;/m0../s1. The second-order valence-corrected chi connectivity index (χ2v) is 13.3. The van der Waals surface area contributed by atoms with Crippen molar-refractivity contribution in [2.45, 2.75) is 23.0 Å². The van der Waals surface area contributed by atoms with E-state index in [0.29, 0.717) is 61.6 Å². The first-order valence-electron chi connectivity index (χ1n) is 14.7. The molecular formula is C29H27FN8Na2O8S2. The smallest absolute Gasteiger partial charge is 0.545 e. The number of aliphatic carboxylic acids is 1. The first-order chi connectivity index (χ1) is 22.9. The fraction of sp³-hybridized carbons (Fsp3) is 0.379. The van der Waals surface area contributed by atoms with Crippen molar-refractivity contribution in [3.63, 3.8) is 0 Å². The molecule has 21 heteroatoms. The minimum absolute atomic E-state index is 0. The van der Waals surface area contributed by atoms with E-state index in [4.69, 9.17) is 0 Å². The Kier molecular flexibility index (Phi) is 13.4. The number of carboxylic acid groups (broad SMARTS) is 2. The van der Waals surface area contributed by atoms with Gasteiger partial charge in [0.25, 0.3) is 5.91 Å². The molecule has 0 saturated carbocycles. The van der Waals surface area contributed by atoms with E-state index in [9.17, 15) is 43.4 Å².